The van der Waals surface area contributed by atoms with Crippen LogP contribution in [0, 0.1) is 0 Å². The molecule has 2 rings (SSSR count). The van der Waals surface area contributed by atoms with E-state index in [0.717, 1.165) is 25.4 Å². The molecule has 0 radical (unpaired) electrons. The molecule has 2 heterocycles. The van der Waals surface area contributed by atoms with Crippen molar-refractivity contribution in [2.45, 2.75) is 50.6 Å². The number of rotatable bonds is 7. The van der Waals surface area contributed by atoms with Crippen LogP contribution in [-0.4, -0.2) is 60.3 Å². The molecule has 2 aliphatic heterocycles. The van der Waals surface area contributed by atoms with Gasteiger partial charge >= 0.3 is 5.97 Å². The lowest BCUT2D eigenvalue weighted by Crippen LogP contribution is -2.43. The van der Waals surface area contributed by atoms with Crippen LogP contribution in [0.15, 0.2) is 0 Å². The van der Waals surface area contributed by atoms with Crippen molar-refractivity contribution in [1.82, 2.24) is 4.90 Å². The van der Waals surface area contributed by atoms with Gasteiger partial charge in [0.15, 0.2) is 0 Å². The van der Waals surface area contributed by atoms with E-state index in [1.807, 2.05) is 18.7 Å². The van der Waals surface area contributed by atoms with Gasteiger partial charge in [-0.3, -0.25) is 9.69 Å². The molecular weight excluding hydrogens is 262 g/mol. The monoisotopic (exact) mass is 287 g/mol. The molecule has 0 amide bonds. The van der Waals surface area contributed by atoms with Crippen molar-refractivity contribution in [2.75, 3.05) is 32.0 Å². The molecular formula is C14H25NO3S. The Bertz CT molecular complexity index is 288. The summed E-state index contributed by atoms with van der Waals surface area (Å²) in [5.41, 5.74) is 0. The summed E-state index contributed by atoms with van der Waals surface area (Å²) in [6.45, 7) is 7.71. The highest BCUT2D eigenvalue weighted by molar-refractivity contribution is 7.99. The predicted octanol–water partition coefficient (Wildman–Crippen LogP) is 1.92. The third-order valence-corrected chi connectivity index (χ3v) is 4.84. The second-order valence-electron chi connectivity index (χ2n) is 5.41. The Hall–Kier alpha value is -0.260. The summed E-state index contributed by atoms with van der Waals surface area (Å²) in [5.74, 6) is 1.01. The second-order valence-corrected chi connectivity index (χ2v) is 6.95. The molecule has 0 aliphatic carbocycles. The largest absolute Gasteiger partial charge is 0.466 e. The fourth-order valence-electron chi connectivity index (χ4n) is 2.78. The fraction of sp³-hybridized carbons (Fsp3) is 0.929. The molecule has 3 atom stereocenters. The van der Waals surface area contributed by atoms with Crippen molar-refractivity contribution in [3.63, 3.8) is 0 Å². The number of fused-ring (bicyclic) bond motifs is 2. The Morgan fingerprint density at radius 3 is 2.74 bits per heavy atom. The van der Waals surface area contributed by atoms with E-state index < -0.39 is 0 Å². The summed E-state index contributed by atoms with van der Waals surface area (Å²) < 4.78 is 10.8. The van der Waals surface area contributed by atoms with Crippen LogP contribution in [0.3, 0.4) is 0 Å². The van der Waals surface area contributed by atoms with Gasteiger partial charge in [0.05, 0.1) is 25.2 Å². The summed E-state index contributed by atoms with van der Waals surface area (Å²) in [7, 11) is 0. The van der Waals surface area contributed by atoms with Crippen LogP contribution in [0.2, 0.25) is 0 Å². The zero-order valence-corrected chi connectivity index (χ0v) is 12.8. The highest BCUT2D eigenvalue weighted by Gasteiger charge is 2.33. The summed E-state index contributed by atoms with van der Waals surface area (Å²) in [6.07, 6.45) is 3.93. The molecule has 0 spiro atoms. The Balaban J connectivity index is 1.57. The van der Waals surface area contributed by atoms with E-state index in [1.54, 1.807) is 0 Å². The Kier molecular flexibility index (Phi) is 5.98. The molecule has 0 unspecified atom stereocenters. The third-order valence-electron chi connectivity index (χ3n) is 3.69. The average molecular weight is 287 g/mol. The number of nitrogens with zero attached hydrogens (tertiary/aromatic N) is 1. The third kappa shape index (κ3) is 4.97. The van der Waals surface area contributed by atoms with Crippen LogP contribution in [0.1, 0.15) is 33.1 Å². The molecule has 2 saturated heterocycles. The van der Waals surface area contributed by atoms with Crippen molar-refractivity contribution in [3.05, 3.63) is 0 Å². The van der Waals surface area contributed by atoms with E-state index in [9.17, 15) is 4.79 Å². The fourth-order valence-corrected chi connectivity index (χ4v) is 3.80. The number of esters is 1. The predicted molar refractivity (Wildman–Crippen MR) is 77.5 cm³/mol. The number of ether oxygens (including phenoxy) is 2. The lowest BCUT2D eigenvalue weighted by molar-refractivity contribution is -0.142. The first-order chi connectivity index (χ1) is 9.17. The molecule has 2 aliphatic rings. The minimum Gasteiger partial charge on any atom is -0.466 e. The van der Waals surface area contributed by atoms with Gasteiger partial charge in [0.25, 0.3) is 0 Å². The maximum Gasteiger partial charge on any atom is 0.306 e. The van der Waals surface area contributed by atoms with E-state index in [2.05, 4.69) is 11.8 Å². The van der Waals surface area contributed by atoms with Crippen LogP contribution < -0.4 is 0 Å². The molecule has 0 N–H and O–H groups in total. The summed E-state index contributed by atoms with van der Waals surface area (Å²) in [4.78, 5) is 13.9. The first-order valence-corrected chi connectivity index (χ1v) is 8.37. The van der Waals surface area contributed by atoms with Gasteiger partial charge in [0.1, 0.15) is 0 Å². The van der Waals surface area contributed by atoms with Gasteiger partial charge in [-0.05, 0) is 19.8 Å². The second kappa shape index (κ2) is 7.50. The van der Waals surface area contributed by atoms with Crippen molar-refractivity contribution in [1.29, 1.82) is 0 Å². The minimum absolute atomic E-state index is 0.0769. The highest BCUT2D eigenvalue weighted by Crippen LogP contribution is 2.26. The van der Waals surface area contributed by atoms with Gasteiger partial charge in [0, 0.05) is 30.6 Å². The van der Waals surface area contributed by atoms with Crippen molar-refractivity contribution in [3.8, 4) is 0 Å². The van der Waals surface area contributed by atoms with Crippen LogP contribution in [0.4, 0.5) is 0 Å². The highest BCUT2D eigenvalue weighted by atomic mass is 32.2. The van der Waals surface area contributed by atoms with E-state index in [4.69, 9.17) is 9.47 Å². The molecule has 0 aromatic carbocycles. The number of hydrogen-bond donors (Lipinski definition) is 0. The van der Waals surface area contributed by atoms with Gasteiger partial charge in [-0.15, -0.1) is 0 Å². The number of thioether (sulfide) groups is 1. The number of morpholine rings is 1. The molecule has 0 saturated carbocycles. The SMILES string of the molecule is CCOC(=O)C[C@@H](C)SCCN1C[C@H]2CC[C@@H](C1)O2. The quantitative estimate of drug-likeness (QED) is 0.669. The molecule has 2 bridgehead atoms. The van der Waals surface area contributed by atoms with Gasteiger partial charge in [0.2, 0.25) is 0 Å². The van der Waals surface area contributed by atoms with Crippen LogP contribution in [0.5, 0.6) is 0 Å². The molecule has 4 nitrogen and oxygen atoms in total. The molecule has 110 valence electrons. The van der Waals surface area contributed by atoms with E-state index in [1.165, 1.54) is 12.8 Å². The lowest BCUT2D eigenvalue weighted by Gasteiger charge is -2.32. The number of hydrogen-bond acceptors (Lipinski definition) is 5. The number of carbonyl (C=O) groups is 1. The topological polar surface area (TPSA) is 38.8 Å². The summed E-state index contributed by atoms with van der Waals surface area (Å²) in [5, 5.41) is 0.344. The van der Waals surface area contributed by atoms with Gasteiger partial charge < -0.3 is 9.47 Å². The molecule has 0 aromatic rings. The van der Waals surface area contributed by atoms with Gasteiger partial charge in [-0.2, -0.15) is 11.8 Å². The van der Waals surface area contributed by atoms with Crippen molar-refractivity contribution < 1.29 is 14.3 Å². The Labute approximate surface area is 120 Å². The summed E-state index contributed by atoms with van der Waals surface area (Å²) >= 11 is 1.86. The zero-order chi connectivity index (χ0) is 13.7. The van der Waals surface area contributed by atoms with E-state index in [-0.39, 0.29) is 5.97 Å². The van der Waals surface area contributed by atoms with Crippen LogP contribution in [0.25, 0.3) is 0 Å². The van der Waals surface area contributed by atoms with Crippen molar-refractivity contribution >= 4 is 17.7 Å². The normalized spacial score (nSPS) is 28.3. The molecule has 2 fully saturated rings. The molecule has 0 aromatic heterocycles. The standard InChI is InChI=1S/C14H25NO3S/c1-3-17-14(16)8-11(2)19-7-6-15-9-12-4-5-13(10-15)18-12/h11-13H,3-10H2,1-2H3/t11-,12-,13+/m1/s1. The first kappa shape index (κ1) is 15.1. The smallest absolute Gasteiger partial charge is 0.306 e. The number of likely N-dealkylation sites (tertiary alicyclic amines) is 1. The lowest BCUT2D eigenvalue weighted by atomic mass is 10.2. The van der Waals surface area contributed by atoms with Gasteiger partial charge in [-0.25, -0.2) is 0 Å². The minimum atomic E-state index is -0.0769. The van der Waals surface area contributed by atoms with Crippen LogP contribution in [-0.2, 0) is 14.3 Å². The maximum atomic E-state index is 11.4. The average Bonchev–Trinajstić information content (AvgIpc) is 2.69. The van der Waals surface area contributed by atoms with E-state index in [0.29, 0.717) is 30.5 Å². The first-order valence-electron chi connectivity index (χ1n) is 7.32. The number of carbonyl (C=O) groups excluding carboxylic acids is 1. The summed E-state index contributed by atoms with van der Waals surface area (Å²) in [6, 6.07) is 0. The Morgan fingerprint density at radius 1 is 1.42 bits per heavy atom. The van der Waals surface area contributed by atoms with Crippen molar-refractivity contribution in [2.24, 2.45) is 0 Å². The van der Waals surface area contributed by atoms with E-state index >= 15 is 0 Å². The molecule has 19 heavy (non-hydrogen) atoms. The maximum absolute atomic E-state index is 11.4. The van der Waals surface area contributed by atoms with Crippen LogP contribution >= 0.6 is 11.8 Å². The molecule has 5 heteroatoms. The van der Waals surface area contributed by atoms with Gasteiger partial charge in [-0.1, -0.05) is 6.92 Å². The Morgan fingerprint density at radius 2 is 2.11 bits per heavy atom. The zero-order valence-electron chi connectivity index (χ0n) is 12.0.